The summed E-state index contributed by atoms with van der Waals surface area (Å²) in [6.45, 7) is 10.3. The average molecular weight is 399 g/mol. The fourth-order valence-electron chi connectivity index (χ4n) is 2.82. The van der Waals surface area contributed by atoms with Crippen LogP contribution in [0.15, 0.2) is 23.1 Å². The Bertz CT molecular complexity index is 770. The zero-order valence-electron chi connectivity index (χ0n) is 16.7. The zero-order valence-corrected chi connectivity index (χ0v) is 17.5. The molecule has 0 unspecified atom stereocenters. The number of rotatable bonds is 10. The molecule has 0 bridgehead atoms. The second-order valence-corrected chi connectivity index (χ2v) is 8.79. The summed E-state index contributed by atoms with van der Waals surface area (Å²) >= 11 is 0. The van der Waals surface area contributed by atoms with Gasteiger partial charge in [0, 0.05) is 31.7 Å². The van der Waals surface area contributed by atoms with Crippen LogP contribution >= 0.6 is 0 Å². The molecule has 0 saturated heterocycles. The van der Waals surface area contributed by atoms with Crippen molar-refractivity contribution in [1.82, 2.24) is 9.21 Å². The van der Waals surface area contributed by atoms with Gasteiger partial charge in [-0.3, -0.25) is 9.59 Å². The molecule has 0 aliphatic rings. The SMILES string of the molecule is CCN(CC)S(=O)(=O)c1ccc(C)c(C(=O)N(CCC(=O)O)CC(C)C)c1. The molecule has 0 aliphatic heterocycles. The van der Waals surface area contributed by atoms with Crippen LogP contribution in [0, 0.1) is 12.8 Å². The molecule has 1 aromatic carbocycles. The lowest BCUT2D eigenvalue weighted by Gasteiger charge is -2.25. The van der Waals surface area contributed by atoms with E-state index in [4.69, 9.17) is 5.11 Å². The van der Waals surface area contributed by atoms with Crippen LogP contribution < -0.4 is 0 Å². The number of carbonyl (C=O) groups excluding carboxylic acids is 1. The lowest BCUT2D eigenvalue weighted by Crippen LogP contribution is -2.36. The summed E-state index contributed by atoms with van der Waals surface area (Å²) in [6, 6.07) is 4.53. The van der Waals surface area contributed by atoms with Crippen LogP contribution in [0.4, 0.5) is 0 Å². The van der Waals surface area contributed by atoms with Gasteiger partial charge in [-0.15, -0.1) is 0 Å². The van der Waals surface area contributed by atoms with Crippen LogP contribution in [-0.2, 0) is 14.8 Å². The largest absolute Gasteiger partial charge is 0.481 e. The Labute approximate surface area is 162 Å². The molecule has 7 nitrogen and oxygen atoms in total. The molecule has 0 heterocycles. The molecule has 0 saturated carbocycles. The number of nitrogens with zero attached hydrogens (tertiary/aromatic N) is 2. The standard InChI is InChI=1S/C19H30N2O5S/c1-6-21(7-2)27(25,26)16-9-8-15(5)17(12-16)19(24)20(13-14(3)4)11-10-18(22)23/h8-9,12,14H,6-7,10-11,13H2,1-5H3,(H,22,23). The van der Waals surface area contributed by atoms with E-state index in [0.29, 0.717) is 25.2 Å². The van der Waals surface area contributed by atoms with Crippen molar-refractivity contribution in [3.05, 3.63) is 29.3 Å². The molecule has 0 spiro atoms. The van der Waals surface area contributed by atoms with Crippen molar-refractivity contribution >= 4 is 21.9 Å². The van der Waals surface area contributed by atoms with E-state index in [1.807, 2.05) is 13.8 Å². The molecule has 1 amide bonds. The van der Waals surface area contributed by atoms with E-state index in [1.165, 1.54) is 21.3 Å². The average Bonchev–Trinajstić information content (AvgIpc) is 2.58. The van der Waals surface area contributed by atoms with E-state index in [2.05, 4.69) is 0 Å². The number of hydrogen-bond acceptors (Lipinski definition) is 4. The minimum atomic E-state index is -3.68. The van der Waals surface area contributed by atoms with E-state index < -0.39 is 16.0 Å². The third-order valence-electron chi connectivity index (χ3n) is 4.25. The van der Waals surface area contributed by atoms with Gasteiger partial charge in [-0.1, -0.05) is 33.8 Å². The van der Waals surface area contributed by atoms with Crippen LogP contribution in [0.5, 0.6) is 0 Å². The lowest BCUT2D eigenvalue weighted by molar-refractivity contribution is -0.137. The van der Waals surface area contributed by atoms with E-state index in [-0.39, 0.29) is 35.2 Å². The number of aryl methyl sites for hydroxylation is 1. The highest BCUT2D eigenvalue weighted by atomic mass is 32.2. The quantitative estimate of drug-likeness (QED) is 0.654. The molecular weight excluding hydrogens is 368 g/mol. The van der Waals surface area contributed by atoms with Gasteiger partial charge in [-0.25, -0.2) is 8.42 Å². The van der Waals surface area contributed by atoms with Crippen molar-refractivity contribution < 1.29 is 23.1 Å². The monoisotopic (exact) mass is 398 g/mol. The second kappa shape index (κ2) is 9.85. The number of sulfonamides is 1. The van der Waals surface area contributed by atoms with E-state index in [0.717, 1.165) is 0 Å². The highest BCUT2D eigenvalue weighted by molar-refractivity contribution is 7.89. The first-order valence-corrected chi connectivity index (χ1v) is 10.6. The van der Waals surface area contributed by atoms with Crippen LogP contribution in [0.1, 0.15) is 50.0 Å². The van der Waals surface area contributed by atoms with E-state index >= 15 is 0 Å². The number of carboxylic acid groups (broad SMARTS) is 1. The summed E-state index contributed by atoms with van der Waals surface area (Å²) in [5, 5.41) is 8.95. The Morgan fingerprint density at radius 1 is 1.15 bits per heavy atom. The summed E-state index contributed by atoms with van der Waals surface area (Å²) in [7, 11) is -3.68. The van der Waals surface area contributed by atoms with Gasteiger partial charge >= 0.3 is 5.97 Å². The summed E-state index contributed by atoms with van der Waals surface area (Å²) in [4.78, 5) is 25.5. The maximum Gasteiger partial charge on any atom is 0.305 e. The normalized spacial score (nSPS) is 11.8. The highest BCUT2D eigenvalue weighted by Gasteiger charge is 2.25. The van der Waals surface area contributed by atoms with Crippen molar-refractivity contribution in [2.24, 2.45) is 5.92 Å². The van der Waals surface area contributed by atoms with E-state index in [1.54, 1.807) is 26.8 Å². The molecule has 0 radical (unpaired) electrons. The Morgan fingerprint density at radius 2 is 1.74 bits per heavy atom. The van der Waals surface area contributed by atoms with Crippen LogP contribution in [0.2, 0.25) is 0 Å². The molecule has 0 fully saturated rings. The van der Waals surface area contributed by atoms with Crippen molar-refractivity contribution in [2.75, 3.05) is 26.2 Å². The predicted molar refractivity (Wildman–Crippen MR) is 104 cm³/mol. The maximum absolute atomic E-state index is 13.0. The fourth-order valence-corrected chi connectivity index (χ4v) is 4.31. The number of carboxylic acids is 1. The molecular formula is C19H30N2O5S. The Morgan fingerprint density at radius 3 is 2.22 bits per heavy atom. The fraction of sp³-hybridized carbons (Fsp3) is 0.579. The van der Waals surface area contributed by atoms with Crippen molar-refractivity contribution in [3.63, 3.8) is 0 Å². The molecule has 0 aromatic heterocycles. The first-order valence-electron chi connectivity index (χ1n) is 9.16. The minimum Gasteiger partial charge on any atom is -0.481 e. The molecule has 1 N–H and O–H groups in total. The molecule has 152 valence electrons. The van der Waals surface area contributed by atoms with Gasteiger partial charge in [0.25, 0.3) is 5.91 Å². The second-order valence-electron chi connectivity index (χ2n) is 6.85. The first kappa shape index (κ1) is 23.1. The summed E-state index contributed by atoms with van der Waals surface area (Å²) in [6.07, 6.45) is -0.158. The van der Waals surface area contributed by atoms with E-state index in [9.17, 15) is 18.0 Å². The molecule has 1 rings (SSSR count). The van der Waals surface area contributed by atoms with Gasteiger partial charge in [-0.05, 0) is 30.5 Å². The Balaban J connectivity index is 3.30. The van der Waals surface area contributed by atoms with Gasteiger partial charge in [0.05, 0.1) is 11.3 Å². The Hall–Kier alpha value is -1.93. The van der Waals surface area contributed by atoms with Crippen molar-refractivity contribution in [2.45, 2.75) is 45.9 Å². The molecule has 8 heteroatoms. The van der Waals surface area contributed by atoms with Crippen molar-refractivity contribution in [3.8, 4) is 0 Å². The zero-order chi connectivity index (χ0) is 20.8. The number of aliphatic carboxylic acids is 1. The first-order chi connectivity index (χ1) is 12.5. The summed E-state index contributed by atoms with van der Waals surface area (Å²) in [5.41, 5.74) is 0.942. The third kappa shape index (κ3) is 6.04. The number of amides is 1. The van der Waals surface area contributed by atoms with Crippen LogP contribution in [-0.4, -0.2) is 60.8 Å². The van der Waals surface area contributed by atoms with Gasteiger partial charge < -0.3 is 10.0 Å². The number of hydrogen-bond donors (Lipinski definition) is 1. The van der Waals surface area contributed by atoms with Crippen LogP contribution in [0.25, 0.3) is 0 Å². The summed E-state index contributed by atoms with van der Waals surface area (Å²) in [5.74, 6) is -1.17. The molecule has 0 atom stereocenters. The molecule has 0 aliphatic carbocycles. The van der Waals surface area contributed by atoms with Gasteiger partial charge in [0.2, 0.25) is 10.0 Å². The molecule has 1 aromatic rings. The maximum atomic E-state index is 13.0. The highest BCUT2D eigenvalue weighted by Crippen LogP contribution is 2.21. The molecule has 27 heavy (non-hydrogen) atoms. The summed E-state index contributed by atoms with van der Waals surface area (Å²) < 4.78 is 26.9. The topological polar surface area (TPSA) is 95.0 Å². The van der Waals surface area contributed by atoms with Gasteiger partial charge in [0.1, 0.15) is 0 Å². The van der Waals surface area contributed by atoms with Crippen molar-refractivity contribution in [1.29, 1.82) is 0 Å². The lowest BCUT2D eigenvalue weighted by atomic mass is 10.1. The van der Waals surface area contributed by atoms with Gasteiger partial charge in [-0.2, -0.15) is 4.31 Å². The Kier molecular flexibility index (Phi) is 8.43. The number of carbonyl (C=O) groups is 2. The predicted octanol–water partition coefficient (Wildman–Crippen LogP) is 2.60. The van der Waals surface area contributed by atoms with Gasteiger partial charge in [0.15, 0.2) is 0 Å². The third-order valence-corrected chi connectivity index (χ3v) is 6.30. The smallest absolute Gasteiger partial charge is 0.305 e. The number of benzene rings is 1. The minimum absolute atomic E-state index is 0.0721. The van der Waals surface area contributed by atoms with Crippen LogP contribution in [0.3, 0.4) is 0 Å².